The lowest BCUT2D eigenvalue weighted by atomic mass is 10.1. The molecular formula is C24H17ClFN3O3. The first-order valence-corrected chi connectivity index (χ1v) is 10.4. The lowest BCUT2D eigenvalue weighted by molar-refractivity contribution is -0.117. The number of anilines is 1. The van der Waals surface area contributed by atoms with Crippen molar-refractivity contribution in [2.24, 2.45) is 0 Å². The van der Waals surface area contributed by atoms with E-state index in [2.05, 4.69) is 10.1 Å². The van der Waals surface area contributed by atoms with Gasteiger partial charge in [-0.1, -0.05) is 22.8 Å². The van der Waals surface area contributed by atoms with Gasteiger partial charge in [-0.2, -0.15) is 4.98 Å². The summed E-state index contributed by atoms with van der Waals surface area (Å²) < 4.78 is 24.2. The van der Waals surface area contributed by atoms with Crippen LogP contribution in [0.5, 0.6) is 11.5 Å². The maximum Gasteiger partial charge on any atom is 0.232 e. The Morgan fingerprint density at radius 2 is 1.75 bits per heavy atom. The normalized spacial score (nSPS) is 15.9. The largest absolute Gasteiger partial charge is 0.457 e. The van der Waals surface area contributed by atoms with Gasteiger partial charge in [-0.25, -0.2) is 4.39 Å². The predicted molar refractivity (Wildman–Crippen MR) is 117 cm³/mol. The molecule has 3 aromatic carbocycles. The van der Waals surface area contributed by atoms with E-state index in [4.69, 9.17) is 20.9 Å². The highest BCUT2D eigenvalue weighted by molar-refractivity contribution is 6.30. The second-order valence-electron chi connectivity index (χ2n) is 7.42. The van der Waals surface area contributed by atoms with Crippen LogP contribution in [-0.2, 0) is 4.79 Å². The van der Waals surface area contributed by atoms with Gasteiger partial charge in [-0.3, -0.25) is 4.79 Å². The number of benzene rings is 3. The summed E-state index contributed by atoms with van der Waals surface area (Å²) >= 11 is 6.06. The summed E-state index contributed by atoms with van der Waals surface area (Å²) in [7, 11) is 0. The fourth-order valence-electron chi connectivity index (χ4n) is 3.60. The van der Waals surface area contributed by atoms with Crippen molar-refractivity contribution in [3.63, 3.8) is 0 Å². The summed E-state index contributed by atoms with van der Waals surface area (Å²) in [4.78, 5) is 18.7. The highest BCUT2D eigenvalue weighted by Crippen LogP contribution is 2.33. The molecule has 8 heteroatoms. The summed E-state index contributed by atoms with van der Waals surface area (Å²) in [6, 6.07) is 20.2. The van der Waals surface area contributed by atoms with Gasteiger partial charge in [0.05, 0.1) is 5.92 Å². The van der Waals surface area contributed by atoms with Crippen LogP contribution in [0.1, 0.15) is 18.2 Å². The molecule has 0 N–H and O–H groups in total. The number of ether oxygens (including phenoxy) is 1. The van der Waals surface area contributed by atoms with E-state index in [1.807, 2.05) is 24.3 Å². The summed E-state index contributed by atoms with van der Waals surface area (Å²) in [6.07, 6.45) is 0.290. The first-order chi connectivity index (χ1) is 15.5. The van der Waals surface area contributed by atoms with Crippen LogP contribution < -0.4 is 9.64 Å². The third-order valence-electron chi connectivity index (χ3n) is 5.20. The maximum absolute atomic E-state index is 13.0. The van der Waals surface area contributed by atoms with Gasteiger partial charge in [0.15, 0.2) is 0 Å². The molecule has 4 aromatic rings. The van der Waals surface area contributed by atoms with Crippen LogP contribution in [0.15, 0.2) is 77.3 Å². The monoisotopic (exact) mass is 449 g/mol. The van der Waals surface area contributed by atoms with Gasteiger partial charge >= 0.3 is 0 Å². The lowest BCUT2D eigenvalue weighted by Crippen LogP contribution is -2.24. The zero-order chi connectivity index (χ0) is 22.1. The fourth-order valence-corrected chi connectivity index (χ4v) is 3.78. The number of carbonyl (C=O) groups excluding carboxylic acids is 1. The maximum atomic E-state index is 13.0. The average Bonchev–Trinajstić information content (AvgIpc) is 3.43. The molecule has 1 atom stereocenters. The van der Waals surface area contributed by atoms with Crippen LogP contribution in [-0.4, -0.2) is 22.6 Å². The minimum Gasteiger partial charge on any atom is -0.457 e. The van der Waals surface area contributed by atoms with Crippen molar-refractivity contribution in [2.45, 2.75) is 12.3 Å². The first kappa shape index (κ1) is 20.2. The average molecular weight is 450 g/mol. The predicted octanol–water partition coefficient (Wildman–Crippen LogP) is 5.84. The number of carbonyl (C=O) groups is 1. The highest BCUT2D eigenvalue weighted by atomic mass is 35.5. The Labute approximate surface area is 188 Å². The molecule has 0 saturated carbocycles. The van der Waals surface area contributed by atoms with Gasteiger partial charge in [-0.15, -0.1) is 0 Å². The van der Waals surface area contributed by atoms with E-state index >= 15 is 0 Å². The Morgan fingerprint density at radius 1 is 1.03 bits per heavy atom. The van der Waals surface area contributed by atoms with Crippen molar-refractivity contribution in [2.75, 3.05) is 11.4 Å². The Bertz CT molecular complexity index is 1260. The molecule has 1 aliphatic rings. The molecule has 0 radical (unpaired) electrons. The van der Waals surface area contributed by atoms with E-state index < -0.39 is 0 Å². The van der Waals surface area contributed by atoms with Crippen LogP contribution in [0, 0.1) is 5.82 Å². The Balaban J connectivity index is 1.28. The third kappa shape index (κ3) is 4.20. The Kier molecular flexibility index (Phi) is 5.33. The van der Waals surface area contributed by atoms with Gasteiger partial charge in [0, 0.05) is 29.2 Å². The number of halogens is 2. The minimum atomic E-state index is -0.319. The van der Waals surface area contributed by atoms with Gasteiger partial charge < -0.3 is 14.2 Å². The number of rotatable bonds is 5. The Morgan fingerprint density at radius 3 is 2.47 bits per heavy atom. The molecule has 1 fully saturated rings. The molecular weight excluding hydrogens is 433 g/mol. The fraction of sp³-hybridized carbons (Fsp3) is 0.125. The molecule has 1 aliphatic heterocycles. The number of amides is 1. The second-order valence-corrected chi connectivity index (χ2v) is 7.86. The number of nitrogens with zero attached hydrogens (tertiary/aromatic N) is 3. The summed E-state index contributed by atoms with van der Waals surface area (Å²) in [5.41, 5.74) is 1.50. The van der Waals surface area contributed by atoms with Crippen molar-refractivity contribution < 1.29 is 18.4 Å². The molecule has 160 valence electrons. The van der Waals surface area contributed by atoms with Crippen LogP contribution in [0.25, 0.3) is 11.4 Å². The minimum absolute atomic E-state index is 0.0145. The molecule has 1 aromatic heterocycles. The molecule has 2 heterocycles. The van der Waals surface area contributed by atoms with Crippen molar-refractivity contribution in [3.8, 4) is 22.9 Å². The van der Waals surface area contributed by atoms with Crippen LogP contribution in [0.4, 0.5) is 10.1 Å². The molecule has 0 aliphatic carbocycles. The standard InChI is InChI=1S/C24H17ClFN3O3/c25-17-2-1-3-19(13-17)29-14-16(12-22(29)30)24-27-23(28-32-24)15-4-8-20(9-5-15)31-21-10-6-18(26)7-11-21/h1-11,13,16H,12,14H2/t16-/m1/s1. The van der Waals surface area contributed by atoms with Crippen molar-refractivity contribution in [1.29, 1.82) is 0 Å². The number of hydrogen-bond donors (Lipinski definition) is 0. The molecule has 1 amide bonds. The zero-order valence-electron chi connectivity index (χ0n) is 16.7. The molecule has 6 nitrogen and oxygen atoms in total. The van der Waals surface area contributed by atoms with E-state index in [9.17, 15) is 9.18 Å². The SMILES string of the molecule is O=C1C[C@@H](c2nc(-c3ccc(Oc4ccc(F)cc4)cc3)no2)CN1c1cccc(Cl)c1. The van der Waals surface area contributed by atoms with E-state index in [0.717, 1.165) is 11.3 Å². The molecule has 0 spiro atoms. The van der Waals surface area contributed by atoms with Gasteiger partial charge in [-0.05, 0) is 66.7 Å². The van der Waals surface area contributed by atoms with Crippen molar-refractivity contribution >= 4 is 23.2 Å². The summed E-state index contributed by atoms with van der Waals surface area (Å²) in [5.74, 6) is 1.47. The van der Waals surface area contributed by atoms with E-state index in [1.165, 1.54) is 12.1 Å². The highest BCUT2D eigenvalue weighted by Gasteiger charge is 2.35. The second kappa shape index (κ2) is 8.43. The van der Waals surface area contributed by atoms with E-state index in [1.54, 1.807) is 41.3 Å². The van der Waals surface area contributed by atoms with Gasteiger partial charge in [0.1, 0.15) is 17.3 Å². The van der Waals surface area contributed by atoms with Crippen LogP contribution in [0.2, 0.25) is 5.02 Å². The number of hydrogen-bond acceptors (Lipinski definition) is 5. The summed E-state index contributed by atoms with van der Waals surface area (Å²) in [6.45, 7) is 0.450. The smallest absolute Gasteiger partial charge is 0.232 e. The first-order valence-electron chi connectivity index (χ1n) is 9.98. The molecule has 1 saturated heterocycles. The molecule has 32 heavy (non-hydrogen) atoms. The molecule has 0 unspecified atom stereocenters. The lowest BCUT2D eigenvalue weighted by Gasteiger charge is -2.16. The third-order valence-corrected chi connectivity index (χ3v) is 5.43. The van der Waals surface area contributed by atoms with Crippen LogP contribution in [0.3, 0.4) is 0 Å². The van der Waals surface area contributed by atoms with E-state index in [0.29, 0.717) is 41.2 Å². The topological polar surface area (TPSA) is 68.5 Å². The van der Waals surface area contributed by atoms with Crippen LogP contribution >= 0.6 is 11.6 Å². The van der Waals surface area contributed by atoms with Crippen molar-refractivity contribution in [1.82, 2.24) is 10.1 Å². The molecule has 5 rings (SSSR count). The Hall–Kier alpha value is -3.71. The van der Waals surface area contributed by atoms with Gasteiger partial charge in [0.25, 0.3) is 0 Å². The van der Waals surface area contributed by atoms with Gasteiger partial charge in [0.2, 0.25) is 17.6 Å². The summed E-state index contributed by atoms with van der Waals surface area (Å²) in [5, 5.41) is 4.65. The zero-order valence-corrected chi connectivity index (χ0v) is 17.5. The number of aromatic nitrogens is 2. The quantitative estimate of drug-likeness (QED) is 0.382. The molecule has 0 bridgehead atoms. The van der Waals surface area contributed by atoms with E-state index in [-0.39, 0.29) is 17.6 Å². The van der Waals surface area contributed by atoms with Crippen molar-refractivity contribution in [3.05, 3.63) is 89.5 Å².